The SMILES string of the molecule is CO[C@H]1CSc2c(-c3ccc(F)cc3F)c(C)cc3c(=O)[nH]c(=O)n(c23)C1. The fourth-order valence-electron chi connectivity index (χ4n) is 3.47. The van der Waals surface area contributed by atoms with Gasteiger partial charge in [0.05, 0.1) is 23.6 Å². The third-order valence-corrected chi connectivity index (χ3v) is 5.99. The number of rotatable bonds is 2. The Morgan fingerprint density at radius 3 is 2.74 bits per heavy atom. The van der Waals surface area contributed by atoms with E-state index in [4.69, 9.17) is 4.74 Å². The molecule has 4 rings (SSSR count). The topological polar surface area (TPSA) is 64.1 Å². The number of H-pyrrole nitrogens is 1. The predicted molar refractivity (Wildman–Crippen MR) is 100 cm³/mol. The maximum atomic E-state index is 14.5. The number of hydrogen-bond acceptors (Lipinski definition) is 4. The molecule has 1 aliphatic rings. The van der Waals surface area contributed by atoms with Crippen molar-refractivity contribution in [3.63, 3.8) is 0 Å². The van der Waals surface area contributed by atoms with Gasteiger partial charge in [-0.05, 0) is 30.7 Å². The second-order valence-electron chi connectivity index (χ2n) is 6.46. The van der Waals surface area contributed by atoms with Gasteiger partial charge in [0.15, 0.2) is 0 Å². The summed E-state index contributed by atoms with van der Waals surface area (Å²) < 4.78 is 34.8. The first kappa shape index (κ1) is 17.9. The summed E-state index contributed by atoms with van der Waals surface area (Å²) in [7, 11) is 1.56. The average molecular weight is 390 g/mol. The molecule has 0 spiro atoms. The van der Waals surface area contributed by atoms with Crippen LogP contribution < -0.4 is 11.2 Å². The number of ether oxygens (including phenoxy) is 1. The molecule has 1 aliphatic heterocycles. The molecule has 2 aromatic carbocycles. The van der Waals surface area contributed by atoms with E-state index in [-0.39, 0.29) is 18.2 Å². The molecule has 0 aliphatic carbocycles. The first-order valence-electron chi connectivity index (χ1n) is 8.32. The lowest BCUT2D eigenvalue weighted by atomic mass is 9.97. The average Bonchev–Trinajstić information content (AvgIpc) is 2.81. The summed E-state index contributed by atoms with van der Waals surface area (Å²) in [5, 5.41) is 0.359. The van der Waals surface area contributed by atoms with Gasteiger partial charge in [0.1, 0.15) is 11.6 Å². The first-order chi connectivity index (χ1) is 12.9. The summed E-state index contributed by atoms with van der Waals surface area (Å²) in [6, 6.07) is 5.04. The van der Waals surface area contributed by atoms with Gasteiger partial charge < -0.3 is 4.74 Å². The molecule has 8 heteroatoms. The molecular formula is C19H16F2N2O3S. The van der Waals surface area contributed by atoms with Crippen molar-refractivity contribution in [3.8, 4) is 11.1 Å². The van der Waals surface area contributed by atoms with E-state index in [1.54, 1.807) is 20.1 Å². The van der Waals surface area contributed by atoms with Crippen LogP contribution in [0.5, 0.6) is 0 Å². The molecule has 0 fully saturated rings. The Bertz CT molecular complexity index is 1190. The molecular weight excluding hydrogens is 374 g/mol. The lowest BCUT2D eigenvalue weighted by Gasteiger charge is -2.16. The third-order valence-electron chi connectivity index (χ3n) is 4.77. The number of nitrogens with zero attached hydrogens (tertiary/aromatic N) is 1. The van der Waals surface area contributed by atoms with Crippen LogP contribution in [0, 0.1) is 18.6 Å². The quantitative estimate of drug-likeness (QED) is 0.731. The largest absolute Gasteiger partial charge is 0.379 e. The summed E-state index contributed by atoms with van der Waals surface area (Å²) >= 11 is 1.40. The van der Waals surface area contributed by atoms with Gasteiger partial charge in [-0.25, -0.2) is 13.6 Å². The molecule has 0 saturated heterocycles. The Balaban J connectivity index is 2.15. The van der Waals surface area contributed by atoms with Crippen LogP contribution in [0.15, 0.2) is 38.8 Å². The van der Waals surface area contributed by atoms with Gasteiger partial charge in [0.25, 0.3) is 5.56 Å². The van der Waals surface area contributed by atoms with Crippen molar-refractivity contribution < 1.29 is 13.5 Å². The number of aryl methyl sites for hydroxylation is 1. The van der Waals surface area contributed by atoms with Gasteiger partial charge in [-0.2, -0.15) is 0 Å². The van der Waals surface area contributed by atoms with Crippen LogP contribution in [-0.2, 0) is 11.3 Å². The molecule has 1 atom stereocenters. The number of halogens is 2. The maximum absolute atomic E-state index is 14.5. The molecule has 5 nitrogen and oxygen atoms in total. The monoisotopic (exact) mass is 390 g/mol. The summed E-state index contributed by atoms with van der Waals surface area (Å²) in [6.07, 6.45) is -0.250. The molecule has 1 aromatic heterocycles. The van der Waals surface area contributed by atoms with Crippen LogP contribution in [0.1, 0.15) is 5.56 Å². The second-order valence-corrected chi connectivity index (χ2v) is 7.49. The number of hydrogen-bond donors (Lipinski definition) is 1. The standard InChI is InChI=1S/C19H16F2N2O3S/c1-9-5-13-16-17(15(9)12-4-3-10(20)6-14(12)21)27-8-11(26-2)7-23(16)19(25)22-18(13)24/h3-6,11H,7-8H2,1-2H3,(H,22,24,25)/t11-/m1/s1. The van der Waals surface area contributed by atoms with Gasteiger partial charge in [-0.1, -0.05) is 0 Å². The van der Waals surface area contributed by atoms with Crippen molar-refractivity contribution in [2.75, 3.05) is 12.9 Å². The van der Waals surface area contributed by atoms with Crippen molar-refractivity contribution in [1.29, 1.82) is 0 Å². The van der Waals surface area contributed by atoms with Crippen LogP contribution in [0.3, 0.4) is 0 Å². The summed E-state index contributed by atoms with van der Waals surface area (Å²) in [5.41, 5.74) is 0.888. The Kier molecular flexibility index (Phi) is 4.39. The zero-order valence-corrected chi connectivity index (χ0v) is 15.5. The molecule has 3 aromatic rings. The second kappa shape index (κ2) is 6.61. The highest BCUT2D eigenvalue weighted by Gasteiger charge is 2.26. The Morgan fingerprint density at radius 2 is 2.04 bits per heavy atom. The molecule has 1 N–H and O–H groups in total. The number of aromatic amines is 1. The maximum Gasteiger partial charge on any atom is 0.328 e. The Morgan fingerprint density at radius 1 is 1.26 bits per heavy atom. The van der Waals surface area contributed by atoms with E-state index < -0.39 is 22.9 Å². The Hall–Kier alpha value is -2.45. The van der Waals surface area contributed by atoms with E-state index >= 15 is 0 Å². The van der Waals surface area contributed by atoms with Crippen molar-refractivity contribution in [1.82, 2.24) is 9.55 Å². The van der Waals surface area contributed by atoms with E-state index in [1.165, 1.54) is 28.5 Å². The minimum absolute atomic E-state index is 0.230. The van der Waals surface area contributed by atoms with Crippen LogP contribution in [0.4, 0.5) is 8.78 Å². The number of aromatic nitrogens is 2. The number of methoxy groups -OCH3 is 1. The van der Waals surface area contributed by atoms with Crippen molar-refractivity contribution in [2.45, 2.75) is 24.5 Å². The van der Waals surface area contributed by atoms with E-state index in [0.29, 0.717) is 32.7 Å². The molecule has 27 heavy (non-hydrogen) atoms. The van der Waals surface area contributed by atoms with Gasteiger partial charge in [0, 0.05) is 35.0 Å². The minimum Gasteiger partial charge on any atom is -0.379 e. The lowest BCUT2D eigenvalue weighted by molar-refractivity contribution is 0.107. The van der Waals surface area contributed by atoms with E-state index in [9.17, 15) is 18.4 Å². The van der Waals surface area contributed by atoms with Gasteiger partial charge in [-0.15, -0.1) is 11.8 Å². The van der Waals surface area contributed by atoms with Gasteiger partial charge in [-0.3, -0.25) is 14.3 Å². The molecule has 0 saturated carbocycles. The van der Waals surface area contributed by atoms with Gasteiger partial charge >= 0.3 is 5.69 Å². The van der Waals surface area contributed by atoms with E-state index in [0.717, 1.165) is 6.07 Å². The van der Waals surface area contributed by atoms with Crippen LogP contribution in [0.2, 0.25) is 0 Å². The van der Waals surface area contributed by atoms with Crippen molar-refractivity contribution >= 4 is 22.7 Å². The van der Waals surface area contributed by atoms with Crippen LogP contribution in [0.25, 0.3) is 22.0 Å². The summed E-state index contributed by atoms with van der Waals surface area (Å²) in [5.74, 6) is -0.832. The zero-order chi connectivity index (χ0) is 19.3. The number of thioether (sulfide) groups is 1. The third kappa shape index (κ3) is 2.89. The number of nitrogens with one attached hydrogen (secondary N) is 1. The fourth-order valence-corrected chi connectivity index (χ4v) is 4.83. The summed E-state index contributed by atoms with van der Waals surface area (Å²) in [4.78, 5) is 27.8. The molecule has 0 radical (unpaired) electrons. The summed E-state index contributed by atoms with van der Waals surface area (Å²) in [6.45, 7) is 2.04. The van der Waals surface area contributed by atoms with Gasteiger partial charge in [0.2, 0.25) is 0 Å². The van der Waals surface area contributed by atoms with Crippen LogP contribution in [-0.4, -0.2) is 28.5 Å². The fraction of sp³-hybridized carbons (Fsp3) is 0.263. The molecule has 0 unspecified atom stereocenters. The number of benzene rings is 2. The van der Waals surface area contributed by atoms with E-state index in [2.05, 4.69) is 4.98 Å². The Labute approximate surface area is 157 Å². The van der Waals surface area contributed by atoms with Crippen LogP contribution >= 0.6 is 11.8 Å². The highest BCUT2D eigenvalue weighted by Crippen LogP contribution is 2.41. The van der Waals surface area contributed by atoms with Crippen molar-refractivity contribution in [2.24, 2.45) is 0 Å². The molecule has 140 valence electrons. The normalized spacial score (nSPS) is 16.5. The van der Waals surface area contributed by atoms with Crippen molar-refractivity contribution in [3.05, 3.63) is 62.3 Å². The molecule has 0 bridgehead atoms. The van der Waals surface area contributed by atoms with E-state index in [1.807, 2.05) is 0 Å². The highest BCUT2D eigenvalue weighted by molar-refractivity contribution is 7.99. The lowest BCUT2D eigenvalue weighted by Crippen LogP contribution is -2.34. The highest BCUT2D eigenvalue weighted by atomic mass is 32.2. The first-order valence-corrected chi connectivity index (χ1v) is 9.30. The smallest absolute Gasteiger partial charge is 0.328 e. The zero-order valence-electron chi connectivity index (χ0n) is 14.6. The molecule has 0 amide bonds. The molecule has 2 heterocycles. The minimum atomic E-state index is -0.694. The predicted octanol–water partition coefficient (Wildman–Crippen LogP) is 3.06.